The van der Waals surface area contributed by atoms with E-state index in [1.807, 2.05) is 0 Å². The van der Waals surface area contributed by atoms with E-state index < -0.39 is 24.2 Å². The fraction of sp³-hybridized carbons (Fsp3) is 0.308. The average Bonchev–Trinajstić information content (AvgIpc) is 3.17. The third-order valence-corrected chi connectivity index (χ3v) is 3.24. The lowest BCUT2D eigenvalue weighted by Gasteiger charge is -2.06. The van der Waals surface area contributed by atoms with Gasteiger partial charge < -0.3 is 15.6 Å². The summed E-state index contributed by atoms with van der Waals surface area (Å²) in [4.78, 5) is 18.3. The van der Waals surface area contributed by atoms with E-state index in [4.69, 9.17) is 27.2 Å². The van der Waals surface area contributed by atoms with Crippen molar-refractivity contribution in [3.05, 3.63) is 34.8 Å². The molecule has 1 fully saturated rings. The van der Waals surface area contributed by atoms with Gasteiger partial charge in [0.1, 0.15) is 11.3 Å². The summed E-state index contributed by atoms with van der Waals surface area (Å²) in [6.45, 7) is 0. The van der Waals surface area contributed by atoms with E-state index >= 15 is 0 Å². The minimum absolute atomic E-state index is 0.114. The number of carbonyl (C=O) groups is 1. The Kier molecular flexibility index (Phi) is 4.79. The molecule has 0 aliphatic heterocycles. The first-order chi connectivity index (χ1) is 10.7. The van der Waals surface area contributed by atoms with Gasteiger partial charge in [0.25, 0.3) is 0 Å². The van der Waals surface area contributed by atoms with Gasteiger partial charge in [-0.25, -0.2) is 14.8 Å². The number of pyridine rings is 1. The van der Waals surface area contributed by atoms with Crippen LogP contribution in [0.5, 0.6) is 0 Å². The number of allylic oxidation sites excluding steroid dienone is 1. The largest absolute Gasteiger partial charge is 0.478 e. The number of aromatic nitrogens is 1. The van der Waals surface area contributed by atoms with Gasteiger partial charge in [0, 0.05) is 12.3 Å². The number of alkyl halides is 3. The summed E-state index contributed by atoms with van der Waals surface area (Å²) in [6, 6.07) is 2.54. The Balaban J connectivity index is 1.93. The van der Waals surface area contributed by atoms with Gasteiger partial charge in [-0.2, -0.15) is 13.2 Å². The monoisotopic (exact) mass is 349 g/mol. The number of halogens is 4. The first-order valence-electron chi connectivity index (χ1n) is 6.31. The fourth-order valence-electron chi connectivity index (χ4n) is 1.70. The van der Waals surface area contributed by atoms with Gasteiger partial charge in [0.15, 0.2) is 11.7 Å². The molecule has 10 heteroatoms. The van der Waals surface area contributed by atoms with Crippen molar-refractivity contribution in [1.82, 2.24) is 4.98 Å². The molecule has 1 aliphatic carbocycles. The van der Waals surface area contributed by atoms with Crippen LogP contribution in [0.3, 0.4) is 0 Å². The van der Waals surface area contributed by atoms with E-state index in [0.717, 1.165) is 0 Å². The molecule has 1 heterocycles. The summed E-state index contributed by atoms with van der Waals surface area (Å²) in [5.41, 5.74) is 5.26. The zero-order valence-corrected chi connectivity index (χ0v) is 12.2. The van der Waals surface area contributed by atoms with E-state index in [1.165, 1.54) is 24.4 Å². The highest BCUT2D eigenvalue weighted by Crippen LogP contribution is 2.46. The SMILES string of the molecule is NC(=CC=Nc1ccc(C(=O)O)c(Cl)n1)O[C@@H]1C[C@@H]1C(F)(F)F. The van der Waals surface area contributed by atoms with Crippen molar-refractivity contribution in [1.29, 1.82) is 0 Å². The molecule has 3 N–H and O–H groups in total. The molecule has 0 amide bonds. The summed E-state index contributed by atoms with van der Waals surface area (Å²) in [5, 5.41) is 8.56. The number of ether oxygens (including phenoxy) is 1. The molecule has 0 saturated heterocycles. The lowest BCUT2D eigenvalue weighted by Crippen LogP contribution is -2.16. The topological polar surface area (TPSA) is 97.8 Å². The Morgan fingerprint density at radius 1 is 1.52 bits per heavy atom. The van der Waals surface area contributed by atoms with Gasteiger partial charge in [0.2, 0.25) is 0 Å². The highest BCUT2D eigenvalue weighted by molar-refractivity contribution is 6.32. The van der Waals surface area contributed by atoms with Crippen LogP contribution in [0.2, 0.25) is 5.15 Å². The van der Waals surface area contributed by atoms with Gasteiger partial charge >= 0.3 is 12.1 Å². The standard InChI is InChI=1S/C13H11ClF3N3O3/c14-11-6(12(21)22)1-2-10(20-11)19-4-3-9(18)23-8-5-7(8)13(15,16)17/h1-4,7-8H,5,18H2,(H,21,22)/t7-,8+/m0/s1. The Morgan fingerprint density at radius 3 is 2.74 bits per heavy atom. The van der Waals surface area contributed by atoms with Gasteiger partial charge in [-0.3, -0.25) is 0 Å². The summed E-state index contributed by atoms with van der Waals surface area (Å²) in [5.74, 6) is -2.81. The first-order valence-corrected chi connectivity index (χ1v) is 6.69. The number of rotatable bonds is 5. The van der Waals surface area contributed by atoms with Crippen LogP contribution in [-0.4, -0.2) is 34.6 Å². The molecule has 124 valence electrons. The fourth-order valence-corrected chi connectivity index (χ4v) is 1.93. The maximum Gasteiger partial charge on any atom is 0.395 e. The van der Waals surface area contributed by atoms with E-state index in [0.29, 0.717) is 0 Å². The number of carboxylic acids is 1. The van der Waals surface area contributed by atoms with Gasteiger partial charge in [-0.1, -0.05) is 11.6 Å². The minimum Gasteiger partial charge on any atom is -0.478 e. The van der Waals surface area contributed by atoms with Crippen LogP contribution in [0.25, 0.3) is 0 Å². The molecule has 0 aromatic carbocycles. The molecular weight excluding hydrogens is 339 g/mol. The lowest BCUT2D eigenvalue weighted by atomic mass is 10.3. The third-order valence-electron chi connectivity index (χ3n) is 2.95. The summed E-state index contributed by atoms with van der Waals surface area (Å²) in [6.07, 6.45) is -3.04. The van der Waals surface area contributed by atoms with E-state index in [1.54, 1.807) is 0 Å². The third kappa shape index (κ3) is 4.59. The number of hydrogen-bond acceptors (Lipinski definition) is 5. The summed E-state index contributed by atoms with van der Waals surface area (Å²) in [7, 11) is 0. The number of hydrogen-bond donors (Lipinski definition) is 2. The van der Waals surface area contributed by atoms with E-state index in [-0.39, 0.29) is 28.8 Å². The molecule has 23 heavy (non-hydrogen) atoms. The second-order valence-corrected chi connectivity index (χ2v) is 5.06. The quantitative estimate of drug-likeness (QED) is 0.484. The Bertz CT molecular complexity index is 676. The zero-order valence-electron chi connectivity index (χ0n) is 11.4. The van der Waals surface area contributed by atoms with Crippen LogP contribution in [0.15, 0.2) is 29.1 Å². The summed E-state index contributed by atoms with van der Waals surface area (Å²) < 4.78 is 41.9. The zero-order chi connectivity index (χ0) is 17.2. The molecule has 1 aliphatic rings. The van der Waals surface area contributed by atoms with Crippen molar-refractivity contribution in [2.24, 2.45) is 16.6 Å². The number of nitrogens with zero attached hydrogens (tertiary/aromatic N) is 2. The first kappa shape index (κ1) is 17.1. The number of carboxylic acid groups (broad SMARTS) is 1. The van der Waals surface area contributed by atoms with Crippen molar-refractivity contribution in [3.8, 4) is 0 Å². The van der Waals surface area contributed by atoms with Crippen molar-refractivity contribution in [2.75, 3.05) is 0 Å². The molecule has 1 aromatic rings. The van der Waals surface area contributed by atoms with E-state index in [9.17, 15) is 18.0 Å². The molecule has 0 unspecified atom stereocenters. The predicted molar refractivity (Wildman–Crippen MR) is 75.7 cm³/mol. The van der Waals surface area contributed by atoms with Crippen LogP contribution in [0, 0.1) is 5.92 Å². The highest BCUT2D eigenvalue weighted by Gasteiger charge is 2.57. The molecule has 6 nitrogen and oxygen atoms in total. The van der Waals surface area contributed by atoms with Crippen LogP contribution in [0.4, 0.5) is 19.0 Å². The van der Waals surface area contributed by atoms with Gasteiger partial charge in [0.05, 0.1) is 11.5 Å². The van der Waals surface area contributed by atoms with Crippen LogP contribution in [-0.2, 0) is 4.74 Å². The number of nitrogens with two attached hydrogens (primary N) is 1. The molecule has 0 spiro atoms. The van der Waals surface area contributed by atoms with Crippen LogP contribution < -0.4 is 5.73 Å². The Labute approximate surface area is 133 Å². The van der Waals surface area contributed by atoms with Crippen LogP contribution >= 0.6 is 11.6 Å². The smallest absolute Gasteiger partial charge is 0.395 e. The summed E-state index contributed by atoms with van der Waals surface area (Å²) >= 11 is 5.66. The molecule has 1 aromatic heterocycles. The second kappa shape index (κ2) is 6.45. The van der Waals surface area contributed by atoms with Crippen molar-refractivity contribution >= 4 is 29.6 Å². The molecular formula is C13H11ClF3N3O3. The number of aromatic carboxylic acids is 1. The van der Waals surface area contributed by atoms with Crippen LogP contribution in [0.1, 0.15) is 16.8 Å². The highest BCUT2D eigenvalue weighted by atomic mass is 35.5. The minimum atomic E-state index is -4.29. The molecule has 2 atom stereocenters. The molecule has 0 radical (unpaired) electrons. The van der Waals surface area contributed by atoms with Gasteiger partial charge in [-0.05, 0) is 18.6 Å². The van der Waals surface area contributed by atoms with E-state index in [2.05, 4.69) is 9.98 Å². The average molecular weight is 350 g/mol. The Hall–Kier alpha value is -2.29. The Morgan fingerprint density at radius 2 is 2.22 bits per heavy atom. The molecule has 2 rings (SSSR count). The maximum absolute atomic E-state index is 12.3. The second-order valence-electron chi connectivity index (χ2n) is 4.70. The van der Waals surface area contributed by atoms with Crippen molar-refractivity contribution < 1.29 is 27.8 Å². The maximum atomic E-state index is 12.3. The van der Waals surface area contributed by atoms with Gasteiger partial charge in [-0.15, -0.1) is 0 Å². The molecule has 1 saturated carbocycles. The predicted octanol–water partition coefficient (Wildman–Crippen LogP) is 2.90. The lowest BCUT2D eigenvalue weighted by molar-refractivity contribution is -0.155. The number of aliphatic imine (C=N–C) groups is 1. The van der Waals surface area contributed by atoms with Crippen molar-refractivity contribution in [3.63, 3.8) is 0 Å². The molecule has 0 bridgehead atoms. The van der Waals surface area contributed by atoms with Crippen molar-refractivity contribution in [2.45, 2.75) is 18.7 Å². The normalized spacial score (nSPS) is 21.5.